The van der Waals surface area contributed by atoms with E-state index in [1.807, 2.05) is 0 Å². The monoisotopic (exact) mass is 338 g/mol. The first-order valence-corrected chi connectivity index (χ1v) is 9.37. The van der Waals surface area contributed by atoms with Crippen molar-refractivity contribution >= 4 is 27.4 Å². The van der Waals surface area contributed by atoms with E-state index in [4.69, 9.17) is 0 Å². The van der Waals surface area contributed by atoms with Gasteiger partial charge < -0.3 is 4.90 Å². The molecule has 1 aliphatic rings. The summed E-state index contributed by atoms with van der Waals surface area (Å²) >= 11 is 1.53. The second-order valence-corrected chi connectivity index (χ2v) is 6.98. The molecule has 3 aromatic rings. The molecule has 24 heavy (non-hydrogen) atoms. The maximum Gasteiger partial charge on any atom is 0.205 e. The number of rotatable bonds is 4. The summed E-state index contributed by atoms with van der Waals surface area (Å²) in [6.07, 6.45) is 0.914. The Hall–Kier alpha value is -1.98. The Morgan fingerprint density at radius 2 is 1.79 bits per heavy atom. The number of aryl methyl sites for hydroxylation is 1. The number of fused-ring (bicyclic) bond motifs is 1. The molecule has 1 saturated heterocycles. The lowest BCUT2D eigenvalue weighted by Gasteiger charge is -2.34. The van der Waals surface area contributed by atoms with Gasteiger partial charge in [0, 0.05) is 50.7 Å². The maximum absolute atomic E-state index is 4.62. The van der Waals surface area contributed by atoms with Crippen LogP contribution in [-0.4, -0.2) is 40.4 Å². The van der Waals surface area contributed by atoms with Gasteiger partial charge in [-0.25, -0.2) is 4.98 Å². The van der Waals surface area contributed by atoms with Crippen molar-refractivity contribution in [1.82, 2.24) is 14.3 Å². The lowest BCUT2D eigenvalue weighted by atomic mass is 10.0. The zero-order valence-electron chi connectivity index (χ0n) is 14.0. The number of piperazine rings is 1. The molecule has 4 nitrogen and oxygen atoms in total. The summed E-state index contributed by atoms with van der Waals surface area (Å²) in [5, 5.41) is 3.78. The number of nitrogens with zero attached hydrogens (tertiary/aromatic N) is 4. The summed E-state index contributed by atoms with van der Waals surface area (Å²) in [5.74, 6) is 0.966. The van der Waals surface area contributed by atoms with Gasteiger partial charge in [-0.1, -0.05) is 49.4 Å². The third-order valence-electron chi connectivity index (χ3n) is 4.69. The van der Waals surface area contributed by atoms with Gasteiger partial charge in [-0.3, -0.25) is 4.90 Å². The van der Waals surface area contributed by atoms with Crippen LogP contribution in [0, 0.1) is 0 Å². The Kier molecular flexibility index (Phi) is 4.45. The molecule has 0 radical (unpaired) electrons. The molecule has 0 unspecified atom stereocenters. The van der Waals surface area contributed by atoms with Crippen LogP contribution in [0.25, 0.3) is 10.8 Å². The Bertz CT molecular complexity index is 816. The minimum absolute atomic E-state index is 0.914. The van der Waals surface area contributed by atoms with Crippen LogP contribution in [0.15, 0.2) is 42.5 Å². The van der Waals surface area contributed by atoms with E-state index in [2.05, 4.69) is 68.5 Å². The second kappa shape index (κ2) is 6.87. The first-order valence-electron chi connectivity index (χ1n) is 8.60. The molecule has 1 aliphatic heterocycles. The summed E-state index contributed by atoms with van der Waals surface area (Å²) in [7, 11) is 0. The van der Waals surface area contributed by atoms with Crippen molar-refractivity contribution in [2.24, 2.45) is 0 Å². The minimum Gasteiger partial charge on any atom is -0.344 e. The van der Waals surface area contributed by atoms with Crippen LogP contribution < -0.4 is 4.90 Å². The fourth-order valence-electron chi connectivity index (χ4n) is 3.29. The van der Waals surface area contributed by atoms with Gasteiger partial charge in [0.2, 0.25) is 5.13 Å². The quantitative estimate of drug-likeness (QED) is 0.728. The highest BCUT2D eigenvalue weighted by Crippen LogP contribution is 2.22. The molecule has 0 bridgehead atoms. The third-order valence-corrected chi connectivity index (χ3v) is 5.51. The van der Waals surface area contributed by atoms with E-state index in [0.717, 1.165) is 50.1 Å². The average molecular weight is 338 g/mol. The van der Waals surface area contributed by atoms with Gasteiger partial charge in [-0.15, -0.1) is 0 Å². The standard InChI is InChI=1S/C19H22N4S/c1-2-18-20-19(24-21-18)23-12-10-22(11-13-23)14-16-8-5-7-15-6-3-4-9-17(15)16/h3-9H,2,10-14H2,1H3. The highest BCUT2D eigenvalue weighted by molar-refractivity contribution is 7.09. The molecule has 2 heterocycles. The molecule has 4 rings (SSSR count). The first-order chi connectivity index (χ1) is 11.8. The fourth-order valence-corrected chi connectivity index (χ4v) is 4.09. The summed E-state index contributed by atoms with van der Waals surface area (Å²) in [5.41, 5.74) is 1.42. The smallest absolute Gasteiger partial charge is 0.205 e. The molecule has 5 heteroatoms. The van der Waals surface area contributed by atoms with Crippen molar-refractivity contribution in [2.45, 2.75) is 19.9 Å². The van der Waals surface area contributed by atoms with E-state index in [1.165, 1.54) is 27.9 Å². The van der Waals surface area contributed by atoms with E-state index in [-0.39, 0.29) is 0 Å². The molecule has 0 atom stereocenters. The molecule has 1 aromatic heterocycles. The summed E-state index contributed by atoms with van der Waals surface area (Å²) in [6, 6.07) is 15.3. The summed E-state index contributed by atoms with van der Waals surface area (Å²) < 4.78 is 4.41. The van der Waals surface area contributed by atoms with Crippen LogP contribution in [0.1, 0.15) is 18.3 Å². The van der Waals surface area contributed by atoms with Crippen LogP contribution in [0.3, 0.4) is 0 Å². The van der Waals surface area contributed by atoms with Gasteiger partial charge in [0.1, 0.15) is 5.82 Å². The van der Waals surface area contributed by atoms with Crippen molar-refractivity contribution in [1.29, 1.82) is 0 Å². The normalized spacial score (nSPS) is 16.0. The van der Waals surface area contributed by atoms with Gasteiger partial charge in [0.05, 0.1) is 0 Å². The van der Waals surface area contributed by atoms with Crippen LogP contribution >= 0.6 is 11.5 Å². The van der Waals surface area contributed by atoms with Gasteiger partial charge in [0.25, 0.3) is 0 Å². The molecular formula is C19H22N4S. The predicted octanol–water partition coefficient (Wildman–Crippen LogP) is 3.58. The molecule has 124 valence electrons. The Labute approximate surface area is 146 Å². The molecular weight excluding hydrogens is 316 g/mol. The second-order valence-electron chi connectivity index (χ2n) is 6.25. The van der Waals surface area contributed by atoms with Crippen LogP contribution in [0.4, 0.5) is 5.13 Å². The van der Waals surface area contributed by atoms with Crippen molar-refractivity contribution in [3.05, 3.63) is 53.9 Å². The minimum atomic E-state index is 0.914. The molecule has 0 spiro atoms. The van der Waals surface area contributed by atoms with E-state index in [0.29, 0.717) is 0 Å². The van der Waals surface area contributed by atoms with E-state index in [1.54, 1.807) is 0 Å². The largest absolute Gasteiger partial charge is 0.344 e. The van der Waals surface area contributed by atoms with Crippen molar-refractivity contribution in [2.75, 3.05) is 31.1 Å². The predicted molar refractivity (Wildman–Crippen MR) is 101 cm³/mol. The van der Waals surface area contributed by atoms with E-state index in [9.17, 15) is 0 Å². The Balaban J connectivity index is 1.42. The van der Waals surface area contributed by atoms with Gasteiger partial charge >= 0.3 is 0 Å². The van der Waals surface area contributed by atoms with Gasteiger partial charge in [-0.05, 0) is 16.3 Å². The average Bonchev–Trinajstić information content (AvgIpc) is 3.12. The van der Waals surface area contributed by atoms with Crippen LogP contribution in [0.5, 0.6) is 0 Å². The van der Waals surface area contributed by atoms with Crippen molar-refractivity contribution in [3.8, 4) is 0 Å². The zero-order valence-corrected chi connectivity index (χ0v) is 14.8. The molecule has 0 saturated carbocycles. The van der Waals surface area contributed by atoms with Gasteiger partial charge in [-0.2, -0.15) is 4.37 Å². The topological polar surface area (TPSA) is 32.3 Å². The number of hydrogen-bond donors (Lipinski definition) is 0. The number of benzene rings is 2. The van der Waals surface area contributed by atoms with Crippen LogP contribution in [0.2, 0.25) is 0 Å². The van der Waals surface area contributed by atoms with Crippen molar-refractivity contribution in [3.63, 3.8) is 0 Å². The summed E-state index contributed by atoms with van der Waals surface area (Å²) in [6.45, 7) is 7.33. The molecule has 0 amide bonds. The maximum atomic E-state index is 4.62. The Morgan fingerprint density at radius 3 is 2.58 bits per heavy atom. The van der Waals surface area contributed by atoms with Gasteiger partial charge in [0.15, 0.2) is 0 Å². The number of anilines is 1. The number of aromatic nitrogens is 2. The lowest BCUT2D eigenvalue weighted by Crippen LogP contribution is -2.46. The molecule has 2 aromatic carbocycles. The van der Waals surface area contributed by atoms with E-state index >= 15 is 0 Å². The Morgan fingerprint density at radius 1 is 1.00 bits per heavy atom. The number of hydrogen-bond acceptors (Lipinski definition) is 5. The SMILES string of the molecule is CCc1nsc(N2CCN(Cc3cccc4ccccc34)CC2)n1. The first kappa shape index (κ1) is 15.5. The zero-order chi connectivity index (χ0) is 16.4. The third kappa shape index (κ3) is 3.14. The van der Waals surface area contributed by atoms with E-state index < -0.39 is 0 Å². The molecule has 1 fully saturated rings. The highest BCUT2D eigenvalue weighted by Gasteiger charge is 2.20. The molecule has 0 N–H and O–H groups in total. The highest BCUT2D eigenvalue weighted by atomic mass is 32.1. The summed E-state index contributed by atoms with van der Waals surface area (Å²) in [4.78, 5) is 9.53. The van der Waals surface area contributed by atoms with Crippen molar-refractivity contribution < 1.29 is 0 Å². The van der Waals surface area contributed by atoms with Crippen LogP contribution in [-0.2, 0) is 13.0 Å². The lowest BCUT2D eigenvalue weighted by molar-refractivity contribution is 0.250. The molecule has 0 aliphatic carbocycles. The fraction of sp³-hybridized carbons (Fsp3) is 0.368.